The Bertz CT molecular complexity index is 574. The lowest BCUT2D eigenvalue weighted by Crippen LogP contribution is -2.37. The van der Waals surface area contributed by atoms with E-state index in [-0.39, 0.29) is 18.4 Å². The van der Waals surface area contributed by atoms with Crippen molar-refractivity contribution in [1.82, 2.24) is 10.2 Å². The van der Waals surface area contributed by atoms with Crippen LogP contribution in [0.1, 0.15) is 16.1 Å². The van der Waals surface area contributed by atoms with Gasteiger partial charge in [-0.1, -0.05) is 0 Å². The van der Waals surface area contributed by atoms with Crippen LogP contribution in [0.15, 0.2) is 17.5 Å². The first-order chi connectivity index (χ1) is 8.74. The molecule has 0 radical (unpaired) electrons. The second kappa shape index (κ2) is 4.70. The van der Waals surface area contributed by atoms with Gasteiger partial charge in [-0.2, -0.15) is 0 Å². The molecule has 0 aromatic carbocycles. The lowest BCUT2D eigenvalue weighted by molar-refractivity contribution is -0.121. The Morgan fingerprint density at radius 3 is 3.11 bits per heavy atom. The third-order valence-electron chi connectivity index (χ3n) is 2.90. The van der Waals surface area contributed by atoms with Crippen LogP contribution >= 0.6 is 22.7 Å². The predicted molar refractivity (Wildman–Crippen MR) is 73.2 cm³/mol. The van der Waals surface area contributed by atoms with E-state index in [1.807, 2.05) is 17.5 Å². The number of carbonyl (C=O) groups is 2. The summed E-state index contributed by atoms with van der Waals surface area (Å²) < 4.78 is 2.28. The Balaban J connectivity index is 1.84. The molecule has 1 fully saturated rings. The van der Waals surface area contributed by atoms with Crippen LogP contribution in [0, 0.1) is 0 Å². The highest BCUT2D eigenvalue weighted by atomic mass is 32.1. The van der Waals surface area contributed by atoms with Crippen molar-refractivity contribution in [3.05, 3.63) is 22.4 Å². The zero-order valence-electron chi connectivity index (χ0n) is 9.64. The number of rotatable bonds is 1. The lowest BCUT2D eigenvalue weighted by atomic mass is 10.3. The zero-order valence-corrected chi connectivity index (χ0v) is 11.3. The molecular weight excluding hydrogens is 268 g/mol. The number of nitrogens with zero attached hydrogens (tertiary/aromatic N) is 1. The van der Waals surface area contributed by atoms with Crippen molar-refractivity contribution < 1.29 is 9.59 Å². The average Bonchev–Trinajstić information content (AvgIpc) is 2.86. The van der Waals surface area contributed by atoms with Gasteiger partial charge in [-0.05, 0) is 23.9 Å². The summed E-state index contributed by atoms with van der Waals surface area (Å²) in [5.41, 5.74) is 0. The molecule has 2 aromatic heterocycles. The van der Waals surface area contributed by atoms with Crippen molar-refractivity contribution in [2.45, 2.75) is 6.42 Å². The van der Waals surface area contributed by atoms with Crippen molar-refractivity contribution in [2.24, 2.45) is 0 Å². The van der Waals surface area contributed by atoms with Crippen LogP contribution in [0.25, 0.3) is 9.40 Å². The highest BCUT2D eigenvalue weighted by Crippen LogP contribution is 2.30. The van der Waals surface area contributed by atoms with Crippen molar-refractivity contribution in [1.29, 1.82) is 0 Å². The van der Waals surface area contributed by atoms with Gasteiger partial charge < -0.3 is 10.2 Å². The average molecular weight is 280 g/mol. The maximum atomic E-state index is 12.3. The van der Waals surface area contributed by atoms with Crippen LogP contribution < -0.4 is 5.32 Å². The van der Waals surface area contributed by atoms with E-state index in [9.17, 15) is 9.59 Å². The number of thiophene rings is 2. The molecule has 0 bridgehead atoms. The van der Waals surface area contributed by atoms with Gasteiger partial charge in [0.25, 0.3) is 5.91 Å². The van der Waals surface area contributed by atoms with Crippen molar-refractivity contribution in [3.8, 4) is 0 Å². The largest absolute Gasteiger partial charge is 0.354 e. The van der Waals surface area contributed by atoms with E-state index in [0.717, 1.165) is 20.7 Å². The monoisotopic (exact) mass is 280 g/mol. The van der Waals surface area contributed by atoms with E-state index in [1.54, 1.807) is 16.2 Å². The number of hydrogen-bond donors (Lipinski definition) is 1. The number of carbonyl (C=O) groups excluding carboxylic acids is 2. The Morgan fingerprint density at radius 1 is 1.39 bits per heavy atom. The van der Waals surface area contributed by atoms with Crippen LogP contribution in [0.4, 0.5) is 0 Å². The van der Waals surface area contributed by atoms with Gasteiger partial charge in [-0.15, -0.1) is 22.7 Å². The summed E-state index contributed by atoms with van der Waals surface area (Å²) in [6.45, 7) is 1.47. The molecule has 3 heterocycles. The number of amides is 2. The van der Waals surface area contributed by atoms with Crippen LogP contribution in [-0.4, -0.2) is 36.3 Å². The van der Waals surface area contributed by atoms with E-state index in [0.29, 0.717) is 13.1 Å². The summed E-state index contributed by atoms with van der Waals surface area (Å²) in [6, 6.07) is 3.95. The number of fused-ring (bicyclic) bond motifs is 1. The fraction of sp³-hybridized carbons (Fsp3) is 0.333. The summed E-state index contributed by atoms with van der Waals surface area (Å²) in [4.78, 5) is 26.1. The van der Waals surface area contributed by atoms with Gasteiger partial charge in [0.05, 0.1) is 11.4 Å². The molecule has 18 heavy (non-hydrogen) atoms. The quantitative estimate of drug-likeness (QED) is 0.867. The van der Waals surface area contributed by atoms with Gasteiger partial charge in [-0.3, -0.25) is 9.59 Å². The minimum Gasteiger partial charge on any atom is -0.354 e. The van der Waals surface area contributed by atoms with Gasteiger partial charge in [0.1, 0.15) is 0 Å². The third kappa shape index (κ3) is 2.13. The molecule has 3 rings (SSSR count). The molecule has 0 unspecified atom stereocenters. The van der Waals surface area contributed by atoms with Gasteiger partial charge in [0.2, 0.25) is 5.91 Å². The maximum Gasteiger partial charge on any atom is 0.264 e. The highest BCUT2D eigenvalue weighted by Gasteiger charge is 2.22. The third-order valence-corrected chi connectivity index (χ3v) is 4.98. The van der Waals surface area contributed by atoms with E-state index in [2.05, 4.69) is 5.32 Å². The number of nitrogens with one attached hydrogen (secondary N) is 1. The van der Waals surface area contributed by atoms with Crippen LogP contribution in [-0.2, 0) is 4.79 Å². The van der Waals surface area contributed by atoms with Crippen molar-refractivity contribution in [2.75, 3.05) is 19.6 Å². The van der Waals surface area contributed by atoms with Gasteiger partial charge in [-0.25, -0.2) is 0 Å². The molecular formula is C12H12N2O2S2. The molecule has 1 N–H and O–H groups in total. The molecule has 6 heteroatoms. The Labute approximate surface area is 112 Å². The second-order valence-electron chi connectivity index (χ2n) is 4.19. The molecule has 2 aromatic rings. The molecule has 0 saturated carbocycles. The summed E-state index contributed by atoms with van der Waals surface area (Å²) >= 11 is 3.14. The van der Waals surface area contributed by atoms with Crippen LogP contribution in [0.5, 0.6) is 0 Å². The molecule has 1 aliphatic heterocycles. The topological polar surface area (TPSA) is 49.4 Å². The summed E-state index contributed by atoms with van der Waals surface area (Å²) in [6.07, 6.45) is 0.817. The predicted octanol–water partition coefficient (Wildman–Crippen LogP) is 1.92. The Hall–Kier alpha value is -1.40. The van der Waals surface area contributed by atoms with E-state index in [1.165, 1.54) is 11.3 Å². The van der Waals surface area contributed by atoms with Gasteiger partial charge in [0.15, 0.2) is 0 Å². The molecule has 1 aliphatic rings. The standard InChI is InChI=1S/C12H12N2O2S2/c15-11-7-14(4-1-3-13-11)12(16)10-6-9-8(18-10)2-5-17-9/h2,5-6H,1,3-4,7H2,(H,13,15). The molecule has 2 amide bonds. The number of hydrogen-bond acceptors (Lipinski definition) is 4. The van der Waals surface area contributed by atoms with E-state index in [4.69, 9.17) is 0 Å². The summed E-state index contributed by atoms with van der Waals surface area (Å²) in [5.74, 6) is -0.0975. The molecule has 0 aliphatic carbocycles. The fourth-order valence-corrected chi connectivity index (χ4v) is 4.08. The van der Waals surface area contributed by atoms with E-state index >= 15 is 0 Å². The van der Waals surface area contributed by atoms with E-state index < -0.39 is 0 Å². The second-order valence-corrected chi connectivity index (χ2v) is 6.22. The van der Waals surface area contributed by atoms with Crippen molar-refractivity contribution in [3.63, 3.8) is 0 Å². The molecule has 0 atom stereocenters. The minimum atomic E-state index is -0.0702. The minimum absolute atomic E-state index is 0.0274. The first kappa shape index (κ1) is 11.7. The first-order valence-corrected chi connectivity index (χ1v) is 7.47. The fourth-order valence-electron chi connectivity index (χ4n) is 2.01. The van der Waals surface area contributed by atoms with Gasteiger partial charge >= 0.3 is 0 Å². The Kier molecular flexibility index (Phi) is 3.05. The SMILES string of the molecule is O=C1CN(C(=O)c2cc3sccc3s2)CCCN1. The lowest BCUT2D eigenvalue weighted by Gasteiger charge is -2.17. The molecule has 94 valence electrons. The first-order valence-electron chi connectivity index (χ1n) is 5.77. The van der Waals surface area contributed by atoms with Crippen LogP contribution in [0.2, 0.25) is 0 Å². The molecule has 4 nitrogen and oxygen atoms in total. The summed E-state index contributed by atoms with van der Waals surface area (Å²) in [5, 5.41) is 4.80. The summed E-state index contributed by atoms with van der Waals surface area (Å²) in [7, 11) is 0. The molecule has 1 saturated heterocycles. The van der Waals surface area contributed by atoms with Crippen molar-refractivity contribution >= 4 is 43.9 Å². The van der Waals surface area contributed by atoms with Crippen LogP contribution in [0.3, 0.4) is 0 Å². The maximum absolute atomic E-state index is 12.3. The molecule has 0 spiro atoms. The highest BCUT2D eigenvalue weighted by molar-refractivity contribution is 7.27. The normalized spacial score (nSPS) is 16.7. The van der Waals surface area contributed by atoms with Gasteiger partial charge in [0, 0.05) is 22.5 Å². The zero-order chi connectivity index (χ0) is 12.5. The Morgan fingerprint density at radius 2 is 2.28 bits per heavy atom. The smallest absolute Gasteiger partial charge is 0.264 e.